The number of carbonyl (C=O) groups excluding carboxylic acids is 1. The first kappa shape index (κ1) is 14.4. The van der Waals surface area contributed by atoms with E-state index in [0.717, 1.165) is 54.7 Å². The number of rotatable bonds is 2. The molecule has 2 aliphatic heterocycles. The zero-order valence-corrected chi connectivity index (χ0v) is 12.9. The summed E-state index contributed by atoms with van der Waals surface area (Å²) in [6.45, 7) is 2.43. The second-order valence-corrected chi connectivity index (χ2v) is 6.11. The van der Waals surface area contributed by atoms with Crippen molar-refractivity contribution in [1.29, 1.82) is 0 Å². The highest BCUT2D eigenvalue weighted by Crippen LogP contribution is 2.38. The predicted molar refractivity (Wildman–Crippen MR) is 87.5 cm³/mol. The fraction of sp³-hybridized carbons (Fsp3) is 0.316. The average Bonchev–Trinajstić information content (AvgIpc) is 2.62. The molecule has 0 radical (unpaired) electrons. The molecule has 1 fully saturated rings. The van der Waals surface area contributed by atoms with Crippen LogP contribution < -0.4 is 10.1 Å². The first-order valence-corrected chi connectivity index (χ1v) is 8.00. The summed E-state index contributed by atoms with van der Waals surface area (Å²) in [7, 11) is 0. The van der Waals surface area contributed by atoms with E-state index in [2.05, 4.69) is 17.4 Å². The van der Waals surface area contributed by atoms with Gasteiger partial charge in [0.2, 0.25) is 5.79 Å². The van der Waals surface area contributed by atoms with Gasteiger partial charge in [-0.25, -0.2) is 0 Å². The number of fused-ring (bicyclic) bond motifs is 1. The number of nitrogens with one attached hydrogen (secondary N) is 1. The molecule has 4 rings (SSSR count). The quantitative estimate of drug-likeness (QED) is 0.866. The number of benzene rings is 2. The van der Waals surface area contributed by atoms with Gasteiger partial charge < -0.3 is 14.8 Å². The van der Waals surface area contributed by atoms with Gasteiger partial charge in [0, 0.05) is 37.1 Å². The van der Waals surface area contributed by atoms with E-state index in [9.17, 15) is 4.79 Å². The monoisotopic (exact) mass is 309 g/mol. The molecule has 1 saturated heterocycles. The number of carbonyl (C=O) groups is 1. The minimum Gasteiger partial charge on any atom is -0.462 e. The molecule has 0 bridgehead atoms. The van der Waals surface area contributed by atoms with Gasteiger partial charge in [0.05, 0.1) is 6.61 Å². The Morgan fingerprint density at radius 3 is 2.48 bits per heavy atom. The molecule has 2 aromatic rings. The van der Waals surface area contributed by atoms with Gasteiger partial charge in [-0.1, -0.05) is 30.3 Å². The number of hydrogen-bond acceptors (Lipinski definition) is 4. The molecule has 0 unspecified atom stereocenters. The maximum Gasteiger partial charge on any atom is 0.213 e. The number of aldehydes is 1. The van der Waals surface area contributed by atoms with Gasteiger partial charge in [-0.05, 0) is 23.3 Å². The van der Waals surface area contributed by atoms with Gasteiger partial charge in [0.1, 0.15) is 12.0 Å². The molecule has 0 aliphatic carbocycles. The average molecular weight is 309 g/mol. The Bertz CT molecular complexity index is 718. The number of ether oxygens (including phenoxy) is 2. The van der Waals surface area contributed by atoms with Crippen molar-refractivity contribution >= 4 is 6.29 Å². The van der Waals surface area contributed by atoms with Crippen molar-refractivity contribution in [3.05, 3.63) is 53.6 Å². The molecule has 4 heteroatoms. The summed E-state index contributed by atoms with van der Waals surface area (Å²) in [5.41, 5.74) is 3.95. The summed E-state index contributed by atoms with van der Waals surface area (Å²) in [6, 6.07) is 13.8. The summed E-state index contributed by atoms with van der Waals surface area (Å²) in [6.07, 6.45) is 2.61. The summed E-state index contributed by atoms with van der Waals surface area (Å²) in [5, 5.41) is 3.34. The van der Waals surface area contributed by atoms with Crippen molar-refractivity contribution in [2.24, 2.45) is 0 Å². The van der Waals surface area contributed by atoms with Crippen LogP contribution in [0.5, 0.6) is 5.75 Å². The molecule has 4 nitrogen and oxygen atoms in total. The Labute approximate surface area is 135 Å². The van der Waals surface area contributed by atoms with Crippen LogP contribution in [0, 0.1) is 0 Å². The van der Waals surface area contributed by atoms with Crippen LogP contribution in [0.4, 0.5) is 0 Å². The molecule has 2 aliphatic rings. The lowest BCUT2D eigenvalue weighted by Crippen LogP contribution is -2.49. The third-order valence-corrected chi connectivity index (χ3v) is 4.59. The lowest BCUT2D eigenvalue weighted by atomic mass is 9.99. The van der Waals surface area contributed by atoms with Crippen LogP contribution in [-0.2, 0) is 11.3 Å². The zero-order chi connectivity index (χ0) is 15.7. The highest BCUT2D eigenvalue weighted by atomic mass is 16.7. The molecule has 2 aromatic carbocycles. The van der Waals surface area contributed by atoms with Crippen molar-refractivity contribution < 1.29 is 14.3 Å². The largest absolute Gasteiger partial charge is 0.462 e. The smallest absolute Gasteiger partial charge is 0.213 e. The van der Waals surface area contributed by atoms with Crippen LogP contribution in [0.1, 0.15) is 28.8 Å². The first-order valence-electron chi connectivity index (χ1n) is 8.00. The maximum atomic E-state index is 10.8. The topological polar surface area (TPSA) is 47.6 Å². The normalized spacial score (nSPS) is 19.0. The highest BCUT2D eigenvalue weighted by molar-refractivity contribution is 5.77. The Kier molecular flexibility index (Phi) is 3.63. The summed E-state index contributed by atoms with van der Waals surface area (Å²) in [5.74, 6) is 0.470. The van der Waals surface area contributed by atoms with Crippen molar-refractivity contribution in [3.63, 3.8) is 0 Å². The molecular formula is C19H19NO3. The predicted octanol–water partition coefficient (Wildman–Crippen LogP) is 3.15. The lowest BCUT2D eigenvalue weighted by molar-refractivity contribution is -0.218. The summed E-state index contributed by atoms with van der Waals surface area (Å²) in [4.78, 5) is 10.8. The van der Waals surface area contributed by atoms with E-state index >= 15 is 0 Å². The molecule has 1 N–H and O–H groups in total. The van der Waals surface area contributed by atoms with Gasteiger partial charge in [0.15, 0.2) is 0 Å². The highest BCUT2D eigenvalue weighted by Gasteiger charge is 2.38. The minimum atomic E-state index is -0.453. The second kappa shape index (κ2) is 5.80. The van der Waals surface area contributed by atoms with E-state index < -0.39 is 5.79 Å². The third-order valence-electron chi connectivity index (χ3n) is 4.59. The SMILES string of the molecule is O=Cc1ccc(-c2ccc3c(c2)COC2(CCNCC2)O3)cc1. The second-order valence-electron chi connectivity index (χ2n) is 6.11. The van der Waals surface area contributed by atoms with Crippen molar-refractivity contribution in [2.45, 2.75) is 25.2 Å². The van der Waals surface area contributed by atoms with Crippen LogP contribution in [0.2, 0.25) is 0 Å². The van der Waals surface area contributed by atoms with Crippen molar-refractivity contribution in [3.8, 4) is 16.9 Å². The minimum absolute atomic E-state index is 0.453. The molecule has 118 valence electrons. The van der Waals surface area contributed by atoms with Gasteiger partial charge in [-0.15, -0.1) is 0 Å². The molecule has 23 heavy (non-hydrogen) atoms. The fourth-order valence-electron chi connectivity index (χ4n) is 3.22. The van der Waals surface area contributed by atoms with Gasteiger partial charge in [-0.2, -0.15) is 0 Å². The molecule has 0 aromatic heterocycles. The van der Waals surface area contributed by atoms with Crippen molar-refractivity contribution in [2.75, 3.05) is 13.1 Å². The fourth-order valence-corrected chi connectivity index (χ4v) is 3.22. The Balaban J connectivity index is 1.60. The van der Waals surface area contributed by atoms with Gasteiger partial charge in [0.25, 0.3) is 0 Å². The summed E-state index contributed by atoms with van der Waals surface area (Å²) >= 11 is 0. The van der Waals surface area contributed by atoms with E-state index in [1.54, 1.807) is 0 Å². The zero-order valence-electron chi connectivity index (χ0n) is 12.9. The molecule has 2 heterocycles. The Morgan fingerprint density at radius 1 is 1.00 bits per heavy atom. The molecule has 1 spiro atoms. The van der Waals surface area contributed by atoms with E-state index in [1.807, 2.05) is 30.3 Å². The summed E-state index contributed by atoms with van der Waals surface area (Å²) < 4.78 is 12.2. The lowest BCUT2D eigenvalue weighted by Gasteiger charge is -2.41. The Morgan fingerprint density at radius 2 is 1.74 bits per heavy atom. The van der Waals surface area contributed by atoms with Crippen LogP contribution in [0.15, 0.2) is 42.5 Å². The number of hydrogen-bond donors (Lipinski definition) is 1. The molecule has 0 amide bonds. The Hall–Kier alpha value is -2.17. The van der Waals surface area contributed by atoms with Gasteiger partial charge in [-0.3, -0.25) is 4.79 Å². The number of piperidine rings is 1. The molecule has 0 atom stereocenters. The van der Waals surface area contributed by atoms with Crippen LogP contribution >= 0.6 is 0 Å². The van der Waals surface area contributed by atoms with Gasteiger partial charge >= 0.3 is 0 Å². The van der Waals surface area contributed by atoms with E-state index in [4.69, 9.17) is 9.47 Å². The van der Waals surface area contributed by atoms with Crippen LogP contribution in [-0.4, -0.2) is 25.2 Å². The molecule has 0 saturated carbocycles. The van der Waals surface area contributed by atoms with E-state index in [-0.39, 0.29) is 0 Å². The standard InChI is InChI=1S/C19H19NO3/c21-12-14-1-3-15(4-2-14)16-5-6-18-17(11-16)13-22-19(23-18)7-9-20-10-8-19/h1-6,11-12,20H,7-10,13H2. The molecular weight excluding hydrogens is 290 g/mol. The van der Waals surface area contributed by atoms with E-state index in [0.29, 0.717) is 12.2 Å². The first-order chi connectivity index (χ1) is 11.3. The van der Waals surface area contributed by atoms with Crippen LogP contribution in [0.25, 0.3) is 11.1 Å². The van der Waals surface area contributed by atoms with E-state index in [1.165, 1.54) is 0 Å². The maximum absolute atomic E-state index is 10.8. The van der Waals surface area contributed by atoms with Crippen LogP contribution in [0.3, 0.4) is 0 Å². The third kappa shape index (κ3) is 2.76. The van der Waals surface area contributed by atoms with Crippen molar-refractivity contribution in [1.82, 2.24) is 5.32 Å².